The molecule has 1 amide bonds. The topological polar surface area (TPSA) is 75.4 Å². The quantitative estimate of drug-likeness (QED) is 0.875. The van der Waals surface area contributed by atoms with Gasteiger partial charge in [0.25, 0.3) is 0 Å². The minimum Gasteiger partial charge on any atom is -0.337 e. The van der Waals surface area contributed by atoms with E-state index in [2.05, 4.69) is 9.97 Å². The fourth-order valence-corrected chi connectivity index (χ4v) is 3.20. The molecular weight excluding hydrogens is 323 g/mol. The van der Waals surface area contributed by atoms with Crippen molar-refractivity contribution in [3.8, 4) is 0 Å². The lowest BCUT2D eigenvalue weighted by Gasteiger charge is -2.43. The molecule has 1 aliphatic carbocycles. The number of halogens is 3. The molecule has 1 aromatic heterocycles. The summed E-state index contributed by atoms with van der Waals surface area (Å²) in [6.45, 7) is 3.43. The molecule has 9 heteroatoms. The van der Waals surface area contributed by atoms with Crippen molar-refractivity contribution in [2.45, 2.75) is 38.0 Å². The predicted molar refractivity (Wildman–Crippen MR) is 81.1 cm³/mol. The molecule has 2 fully saturated rings. The van der Waals surface area contributed by atoms with Crippen LogP contribution in [0.5, 0.6) is 0 Å². The third kappa shape index (κ3) is 3.31. The van der Waals surface area contributed by atoms with Crippen LogP contribution in [-0.4, -0.2) is 52.5 Å². The van der Waals surface area contributed by atoms with Gasteiger partial charge in [-0.25, -0.2) is 9.97 Å². The average Bonchev–Trinajstić information content (AvgIpc) is 2.50. The molecule has 0 aromatic carbocycles. The number of aromatic nitrogens is 2. The van der Waals surface area contributed by atoms with Crippen LogP contribution in [0.4, 0.5) is 19.1 Å². The molecule has 0 unspecified atom stereocenters. The molecule has 24 heavy (non-hydrogen) atoms. The second-order valence-electron chi connectivity index (χ2n) is 6.52. The van der Waals surface area contributed by atoms with E-state index in [0.717, 1.165) is 25.2 Å². The number of hydrogen-bond donors (Lipinski definition) is 1. The number of amides is 1. The Kier molecular flexibility index (Phi) is 4.37. The molecule has 1 saturated carbocycles. The maximum atomic E-state index is 12.6. The Bertz CT molecular complexity index is 600. The number of nitrogens with zero attached hydrogens (tertiary/aromatic N) is 4. The first-order valence-corrected chi connectivity index (χ1v) is 7.96. The smallest absolute Gasteiger partial charge is 0.337 e. The maximum absolute atomic E-state index is 12.6. The molecule has 2 heterocycles. The Morgan fingerprint density at radius 2 is 1.88 bits per heavy atom. The molecule has 1 aromatic rings. The first-order valence-electron chi connectivity index (χ1n) is 7.96. The lowest BCUT2D eigenvalue weighted by Crippen LogP contribution is -2.57. The molecule has 3 rings (SSSR count). The molecule has 2 N–H and O–H groups in total. The highest BCUT2D eigenvalue weighted by molar-refractivity contribution is 5.80. The molecule has 6 nitrogen and oxygen atoms in total. The SMILES string of the molecule is C[C@@H]1CN(c2ncc(C(F)(F)F)cn2)CCN1C(=O)C1CC(N)C1. The van der Waals surface area contributed by atoms with Crippen LogP contribution in [0.1, 0.15) is 25.3 Å². The van der Waals surface area contributed by atoms with Gasteiger partial charge in [-0.3, -0.25) is 4.79 Å². The zero-order chi connectivity index (χ0) is 17.5. The Balaban J connectivity index is 1.62. The minimum atomic E-state index is -4.44. The Morgan fingerprint density at radius 1 is 1.25 bits per heavy atom. The van der Waals surface area contributed by atoms with Crippen LogP contribution < -0.4 is 10.6 Å². The van der Waals surface area contributed by atoms with Crippen molar-refractivity contribution in [1.29, 1.82) is 0 Å². The van der Waals surface area contributed by atoms with Crippen molar-refractivity contribution in [3.05, 3.63) is 18.0 Å². The molecule has 2 aliphatic rings. The van der Waals surface area contributed by atoms with Gasteiger partial charge in [0.05, 0.1) is 5.56 Å². The number of carbonyl (C=O) groups is 1. The summed E-state index contributed by atoms with van der Waals surface area (Å²) in [4.78, 5) is 23.7. The summed E-state index contributed by atoms with van der Waals surface area (Å²) in [7, 11) is 0. The third-order valence-corrected chi connectivity index (χ3v) is 4.68. The fourth-order valence-electron chi connectivity index (χ4n) is 3.20. The van der Waals surface area contributed by atoms with Gasteiger partial charge in [0.1, 0.15) is 0 Å². The number of rotatable bonds is 2. The average molecular weight is 343 g/mol. The molecule has 0 spiro atoms. The zero-order valence-electron chi connectivity index (χ0n) is 13.3. The molecule has 0 bridgehead atoms. The Labute approximate surface area is 137 Å². The van der Waals surface area contributed by atoms with E-state index in [1.54, 1.807) is 4.90 Å². The van der Waals surface area contributed by atoms with Crippen LogP contribution >= 0.6 is 0 Å². The highest BCUT2D eigenvalue weighted by Crippen LogP contribution is 2.30. The van der Waals surface area contributed by atoms with Gasteiger partial charge in [0, 0.05) is 50.0 Å². The normalized spacial score (nSPS) is 27.8. The molecule has 0 radical (unpaired) electrons. The van der Waals surface area contributed by atoms with Crippen molar-refractivity contribution in [3.63, 3.8) is 0 Å². The summed E-state index contributed by atoms with van der Waals surface area (Å²) in [6, 6.07) is 0.0741. The van der Waals surface area contributed by atoms with E-state index in [4.69, 9.17) is 5.73 Å². The van der Waals surface area contributed by atoms with Crippen LogP contribution in [0.3, 0.4) is 0 Å². The van der Waals surface area contributed by atoms with Crippen LogP contribution in [0.25, 0.3) is 0 Å². The lowest BCUT2D eigenvalue weighted by atomic mass is 9.79. The van der Waals surface area contributed by atoms with Gasteiger partial charge in [0.15, 0.2) is 0 Å². The monoisotopic (exact) mass is 343 g/mol. The van der Waals surface area contributed by atoms with Crippen LogP contribution in [0.15, 0.2) is 12.4 Å². The highest BCUT2D eigenvalue weighted by atomic mass is 19.4. The van der Waals surface area contributed by atoms with E-state index in [0.29, 0.717) is 19.6 Å². The number of alkyl halides is 3. The minimum absolute atomic E-state index is 0.0105. The summed E-state index contributed by atoms with van der Waals surface area (Å²) in [5, 5.41) is 0. The largest absolute Gasteiger partial charge is 0.419 e. The van der Waals surface area contributed by atoms with Gasteiger partial charge in [0.2, 0.25) is 11.9 Å². The maximum Gasteiger partial charge on any atom is 0.419 e. The zero-order valence-corrected chi connectivity index (χ0v) is 13.3. The van der Waals surface area contributed by atoms with Crippen LogP contribution in [0.2, 0.25) is 0 Å². The summed E-state index contributed by atoms with van der Waals surface area (Å²) >= 11 is 0. The van der Waals surface area contributed by atoms with Gasteiger partial charge in [-0.15, -0.1) is 0 Å². The summed E-state index contributed by atoms with van der Waals surface area (Å²) in [6.07, 6.45) is -1.40. The second-order valence-corrected chi connectivity index (χ2v) is 6.52. The predicted octanol–water partition coefficient (Wildman–Crippen LogP) is 1.27. The molecule has 1 aliphatic heterocycles. The van der Waals surface area contributed by atoms with Crippen molar-refractivity contribution >= 4 is 11.9 Å². The van der Waals surface area contributed by atoms with Crippen molar-refractivity contribution in [2.24, 2.45) is 11.7 Å². The summed E-state index contributed by atoms with van der Waals surface area (Å²) < 4.78 is 37.7. The van der Waals surface area contributed by atoms with E-state index >= 15 is 0 Å². The number of piperazine rings is 1. The van der Waals surface area contributed by atoms with Gasteiger partial charge in [-0.1, -0.05) is 0 Å². The molecule has 132 valence electrons. The van der Waals surface area contributed by atoms with Crippen molar-refractivity contribution < 1.29 is 18.0 Å². The van der Waals surface area contributed by atoms with E-state index < -0.39 is 11.7 Å². The molecular formula is C15H20F3N5O. The fraction of sp³-hybridized carbons (Fsp3) is 0.667. The highest BCUT2D eigenvalue weighted by Gasteiger charge is 2.38. The van der Waals surface area contributed by atoms with E-state index in [9.17, 15) is 18.0 Å². The summed E-state index contributed by atoms with van der Waals surface area (Å²) in [5.74, 6) is 0.390. The molecule has 1 saturated heterocycles. The first-order chi connectivity index (χ1) is 11.3. The molecule has 1 atom stereocenters. The number of anilines is 1. The van der Waals surface area contributed by atoms with Gasteiger partial charge >= 0.3 is 6.18 Å². The first kappa shape index (κ1) is 16.9. The number of carbonyl (C=O) groups excluding carboxylic acids is 1. The van der Waals surface area contributed by atoms with Crippen LogP contribution in [-0.2, 0) is 11.0 Å². The third-order valence-electron chi connectivity index (χ3n) is 4.68. The number of hydrogen-bond acceptors (Lipinski definition) is 5. The second kappa shape index (κ2) is 6.19. The van der Waals surface area contributed by atoms with E-state index in [-0.39, 0.29) is 29.9 Å². The Hall–Kier alpha value is -1.90. The number of nitrogens with two attached hydrogens (primary N) is 1. The summed E-state index contributed by atoms with van der Waals surface area (Å²) in [5.41, 5.74) is 4.87. The van der Waals surface area contributed by atoms with Crippen molar-refractivity contribution in [2.75, 3.05) is 24.5 Å². The van der Waals surface area contributed by atoms with Gasteiger partial charge in [-0.2, -0.15) is 13.2 Å². The van der Waals surface area contributed by atoms with Crippen molar-refractivity contribution in [1.82, 2.24) is 14.9 Å². The Morgan fingerprint density at radius 3 is 2.38 bits per heavy atom. The van der Waals surface area contributed by atoms with Gasteiger partial charge < -0.3 is 15.5 Å². The van der Waals surface area contributed by atoms with E-state index in [1.165, 1.54) is 0 Å². The van der Waals surface area contributed by atoms with E-state index in [1.807, 2.05) is 11.8 Å². The van der Waals surface area contributed by atoms with Crippen LogP contribution in [0, 0.1) is 5.92 Å². The lowest BCUT2D eigenvalue weighted by molar-refractivity contribution is -0.141. The standard InChI is InChI=1S/C15H20F3N5O/c1-9-8-22(14-20-6-11(7-21-14)15(16,17)18)2-3-23(9)13(24)10-4-12(19)5-10/h6-7,9-10,12H,2-5,8,19H2,1H3/t9-,10?,12?/m1/s1. The van der Waals surface area contributed by atoms with Gasteiger partial charge in [-0.05, 0) is 19.8 Å².